The molecule has 1 aliphatic rings. The lowest BCUT2D eigenvalue weighted by Gasteiger charge is -2.43. The van der Waals surface area contributed by atoms with Crippen molar-refractivity contribution in [3.8, 4) is 5.75 Å². The Morgan fingerprint density at radius 3 is 2.38 bits per heavy atom. The van der Waals surface area contributed by atoms with Crippen LogP contribution in [-0.2, 0) is 0 Å². The fourth-order valence-corrected chi connectivity index (χ4v) is 2.92. The first-order valence-electron chi connectivity index (χ1n) is 8.34. The Balaban J connectivity index is 2.02. The first-order chi connectivity index (χ1) is 9.81. The fourth-order valence-electron chi connectivity index (χ4n) is 2.92. The normalized spacial score (nSPS) is 17.6. The molecule has 0 aromatic heterocycles. The van der Waals surface area contributed by atoms with E-state index < -0.39 is 0 Å². The standard InChI is InChI=1S/C19H31NO/c1-15(2)16-9-6-7-10-17(16)21-19(11-8-12-19)13-14-20-18(3,4)5/h6-7,9-10,15,20H,8,11-14H2,1-5H3. The molecule has 2 heteroatoms. The molecule has 1 saturated carbocycles. The molecule has 1 aromatic rings. The Hall–Kier alpha value is -1.02. The zero-order chi connectivity index (χ0) is 15.5. The molecule has 21 heavy (non-hydrogen) atoms. The second kappa shape index (κ2) is 6.39. The van der Waals surface area contributed by atoms with Gasteiger partial charge in [-0.1, -0.05) is 32.0 Å². The molecule has 118 valence electrons. The van der Waals surface area contributed by atoms with Crippen LogP contribution in [0.1, 0.15) is 71.8 Å². The van der Waals surface area contributed by atoms with Crippen LogP contribution in [0.5, 0.6) is 5.75 Å². The summed E-state index contributed by atoms with van der Waals surface area (Å²) < 4.78 is 6.51. The second-order valence-electron chi connectivity index (χ2n) is 7.76. The molecule has 0 amide bonds. The van der Waals surface area contributed by atoms with Crippen molar-refractivity contribution >= 4 is 0 Å². The number of rotatable bonds is 6. The zero-order valence-corrected chi connectivity index (χ0v) is 14.3. The van der Waals surface area contributed by atoms with E-state index in [4.69, 9.17) is 4.74 Å². The number of hydrogen-bond acceptors (Lipinski definition) is 2. The smallest absolute Gasteiger partial charge is 0.123 e. The van der Waals surface area contributed by atoms with Gasteiger partial charge in [0, 0.05) is 5.54 Å². The lowest BCUT2D eigenvalue weighted by Crippen LogP contribution is -2.47. The summed E-state index contributed by atoms with van der Waals surface area (Å²) in [7, 11) is 0. The van der Waals surface area contributed by atoms with Gasteiger partial charge in [-0.2, -0.15) is 0 Å². The molecule has 0 heterocycles. The minimum absolute atomic E-state index is 0.0588. The predicted molar refractivity (Wildman–Crippen MR) is 90.1 cm³/mol. The highest BCUT2D eigenvalue weighted by Crippen LogP contribution is 2.41. The Morgan fingerprint density at radius 1 is 1.19 bits per heavy atom. The Kier molecular flexibility index (Phi) is 4.98. The van der Waals surface area contributed by atoms with Crippen molar-refractivity contribution in [1.29, 1.82) is 0 Å². The average Bonchev–Trinajstić information content (AvgIpc) is 2.34. The summed E-state index contributed by atoms with van der Waals surface area (Å²) in [4.78, 5) is 0. The molecular weight excluding hydrogens is 258 g/mol. The van der Waals surface area contributed by atoms with Gasteiger partial charge in [-0.15, -0.1) is 0 Å². The molecule has 0 saturated heterocycles. The molecule has 0 atom stereocenters. The number of benzene rings is 1. The minimum atomic E-state index is 0.0588. The summed E-state index contributed by atoms with van der Waals surface area (Å²) in [5.41, 5.74) is 1.57. The van der Waals surface area contributed by atoms with Gasteiger partial charge in [-0.05, 0) is 70.5 Å². The van der Waals surface area contributed by atoms with E-state index in [9.17, 15) is 0 Å². The van der Waals surface area contributed by atoms with Crippen molar-refractivity contribution in [2.75, 3.05) is 6.54 Å². The SMILES string of the molecule is CC(C)c1ccccc1OC1(CCNC(C)(C)C)CCC1. The number of ether oxygens (including phenoxy) is 1. The van der Waals surface area contributed by atoms with Crippen LogP contribution in [0.25, 0.3) is 0 Å². The van der Waals surface area contributed by atoms with Gasteiger partial charge in [0.15, 0.2) is 0 Å². The summed E-state index contributed by atoms with van der Waals surface area (Å²) in [6, 6.07) is 8.52. The number of nitrogens with one attached hydrogen (secondary N) is 1. The second-order valence-corrected chi connectivity index (χ2v) is 7.76. The van der Waals surface area contributed by atoms with Crippen LogP contribution in [0.2, 0.25) is 0 Å². The van der Waals surface area contributed by atoms with Gasteiger partial charge < -0.3 is 10.1 Å². The molecule has 0 unspecified atom stereocenters. The van der Waals surface area contributed by atoms with Gasteiger partial charge in [0.25, 0.3) is 0 Å². The number of hydrogen-bond donors (Lipinski definition) is 1. The highest BCUT2D eigenvalue weighted by molar-refractivity contribution is 5.36. The molecule has 2 rings (SSSR count). The van der Waals surface area contributed by atoms with Gasteiger partial charge >= 0.3 is 0 Å². The van der Waals surface area contributed by atoms with Crippen LogP contribution in [0.4, 0.5) is 0 Å². The van der Waals surface area contributed by atoms with Crippen LogP contribution >= 0.6 is 0 Å². The molecular formula is C19H31NO. The van der Waals surface area contributed by atoms with E-state index >= 15 is 0 Å². The van der Waals surface area contributed by atoms with E-state index in [2.05, 4.69) is 64.2 Å². The molecule has 0 radical (unpaired) electrons. The summed E-state index contributed by atoms with van der Waals surface area (Å²) in [5.74, 6) is 1.59. The summed E-state index contributed by atoms with van der Waals surface area (Å²) in [6.45, 7) is 12.1. The van der Waals surface area contributed by atoms with Gasteiger partial charge in [0.05, 0.1) is 0 Å². The molecule has 1 N–H and O–H groups in total. The minimum Gasteiger partial charge on any atom is -0.487 e. The van der Waals surface area contributed by atoms with Crippen molar-refractivity contribution in [3.63, 3.8) is 0 Å². The van der Waals surface area contributed by atoms with Crippen molar-refractivity contribution in [1.82, 2.24) is 5.32 Å². The lowest BCUT2D eigenvalue weighted by molar-refractivity contribution is -0.0161. The maximum Gasteiger partial charge on any atom is 0.123 e. The van der Waals surface area contributed by atoms with Gasteiger partial charge in [-0.25, -0.2) is 0 Å². The van der Waals surface area contributed by atoms with Crippen LogP contribution in [0.3, 0.4) is 0 Å². The Morgan fingerprint density at radius 2 is 1.86 bits per heavy atom. The highest BCUT2D eigenvalue weighted by Gasteiger charge is 2.39. The van der Waals surface area contributed by atoms with Crippen molar-refractivity contribution in [3.05, 3.63) is 29.8 Å². The zero-order valence-electron chi connectivity index (χ0n) is 14.3. The van der Waals surface area contributed by atoms with Gasteiger partial charge in [0.2, 0.25) is 0 Å². The largest absolute Gasteiger partial charge is 0.487 e. The van der Waals surface area contributed by atoms with Crippen molar-refractivity contribution < 1.29 is 4.74 Å². The summed E-state index contributed by atoms with van der Waals surface area (Å²) in [6.07, 6.45) is 4.76. The topological polar surface area (TPSA) is 21.3 Å². The summed E-state index contributed by atoms with van der Waals surface area (Å²) >= 11 is 0. The van der Waals surface area contributed by atoms with E-state index in [0.717, 1.165) is 18.7 Å². The fraction of sp³-hybridized carbons (Fsp3) is 0.684. The van der Waals surface area contributed by atoms with Crippen LogP contribution in [0, 0.1) is 0 Å². The lowest BCUT2D eigenvalue weighted by atomic mass is 9.77. The molecule has 1 fully saturated rings. The maximum atomic E-state index is 6.51. The van der Waals surface area contributed by atoms with Crippen LogP contribution in [0.15, 0.2) is 24.3 Å². The van der Waals surface area contributed by atoms with E-state index in [1.54, 1.807) is 0 Å². The van der Waals surface area contributed by atoms with E-state index in [0.29, 0.717) is 5.92 Å². The van der Waals surface area contributed by atoms with E-state index in [1.165, 1.54) is 24.8 Å². The Bertz CT molecular complexity index is 455. The Labute approximate surface area is 130 Å². The summed E-state index contributed by atoms with van der Waals surface area (Å²) in [5, 5.41) is 3.59. The third-order valence-corrected chi connectivity index (χ3v) is 4.37. The van der Waals surface area contributed by atoms with E-state index in [-0.39, 0.29) is 11.1 Å². The molecule has 0 bridgehead atoms. The van der Waals surface area contributed by atoms with Gasteiger partial charge in [0.1, 0.15) is 11.4 Å². The van der Waals surface area contributed by atoms with Crippen molar-refractivity contribution in [2.24, 2.45) is 0 Å². The van der Waals surface area contributed by atoms with E-state index in [1.807, 2.05) is 0 Å². The first-order valence-corrected chi connectivity index (χ1v) is 8.34. The molecule has 0 aliphatic heterocycles. The number of para-hydroxylation sites is 1. The maximum absolute atomic E-state index is 6.51. The molecule has 1 aliphatic carbocycles. The first kappa shape index (κ1) is 16.4. The van der Waals surface area contributed by atoms with Crippen molar-refractivity contribution in [2.45, 2.75) is 77.4 Å². The molecule has 1 aromatic carbocycles. The molecule has 0 spiro atoms. The van der Waals surface area contributed by atoms with Crippen LogP contribution in [-0.4, -0.2) is 17.7 Å². The monoisotopic (exact) mass is 289 g/mol. The van der Waals surface area contributed by atoms with Gasteiger partial charge in [-0.3, -0.25) is 0 Å². The highest BCUT2D eigenvalue weighted by atomic mass is 16.5. The van der Waals surface area contributed by atoms with Crippen LogP contribution < -0.4 is 10.1 Å². The third-order valence-electron chi connectivity index (χ3n) is 4.37. The molecule has 2 nitrogen and oxygen atoms in total. The average molecular weight is 289 g/mol. The quantitative estimate of drug-likeness (QED) is 0.805. The third kappa shape index (κ3) is 4.47. The predicted octanol–water partition coefficient (Wildman–Crippen LogP) is 4.89.